The van der Waals surface area contributed by atoms with Crippen LogP contribution in [0.1, 0.15) is 5.56 Å². The van der Waals surface area contributed by atoms with Gasteiger partial charge in [-0.3, -0.25) is 4.72 Å². The third kappa shape index (κ3) is 6.17. The Bertz CT molecular complexity index is 1140. The smallest absolute Gasteiger partial charge is 0.263 e. The second kappa shape index (κ2) is 10.4. The van der Waals surface area contributed by atoms with E-state index in [9.17, 15) is 8.42 Å². The molecule has 3 aromatic rings. The van der Waals surface area contributed by atoms with Crippen LogP contribution >= 0.6 is 0 Å². The van der Waals surface area contributed by atoms with E-state index in [1.807, 2.05) is 6.07 Å². The predicted molar refractivity (Wildman–Crippen MR) is 116 cm³/mol. The normalized spacial score (nSPS) is 11.3. The number of rotatable bonds is 10. The summed E-state index contributed by atoms with van der Waals surface area (Å²) in [6, 6.07) is 15.8. The van der Waals surface area contributed by atoms with E-state index >= 15 is 0 Å². The highest BCUT2D eigenvalue weighted by Gasteiger charge is 2.20. The van der Waals surface area contributed by atoms with Crippen LogP contribution in [0.4, 0.5) is 5.82 Å². The molecule has 0 aliphatic rings. The van der Waals surface area contributed by atoms with Gasteiger partial charge in [0, 0.05) is 0 Å². The van der Waals surface area contributed by atoms with E-state index in [4.69, 9.17) is 19.3 Å². The van der Waals surface area contributed by atoms with Crippen molar-refractivity contribution >= 4 is 21.9 Å². The van der Waals surface area contributed by atoms with Crippen molar-refractivity contribution in [1.29, 1.82) is 0 Å². The molecule has 0 spiro atoms. The van der Waals surface area contributed by atoms with Gasteiger partial charge in [-0.05, 0) is 23.8 Å². The number of anilines is 1. The molecule has 0 saturated heterocycles. The van der Waals surface area contributed by atoms with Gasteiger partial charge in [-0.1, -0.05) is 42.5 Å². The van der Waals surface area contributed by atoms with Crippen molar-refractivity contribution in [2.45, 2.75) is 0 Å². The molecule has 2 N–H and O–H groups in total. The third-order valence-corrected chi connectivity index (χ3v) is 4.83. The number of aromatic nitrogens is 2. The van der Waals surface area contributed by atoms with Crippen LogP contribution in [0.3, 0.4) is 0 Å². The summed E-state index contributed by atoms with van der Waals surface area (Å²) in [6.45, 7) is -0.335. The Morgan fingerprint density at radius 1 is 1.03 bits per heavy atom. The van der Waals surface area contributed by atoms with Crippen LogP contribution in [0, 0.1) is 0 Å². The topological polar surface area (TPSA) is 120 Å². The number of aliphatic hydroxyl groups is 1. The number of hydrogen-bond acceptors (Lipinski definition) is 8. The molecule has 0 amide bonds. The summed E-state index contributed by atoms with van der Waals surface area (Å²) < 4.78 is 44.1. The molecule has 9 nitrogen and oxygen atoms in total. The number of sulfonamides is 1. The number of nitrogens with zero attached hydrogens (tertiary/aromatic N) is 2. The highest BCUT2D eigenvalue weighted by Crippen LogP contribution is 2.39. The molecule has 0 saturated carbocycles. The lowest BCUT2D eigenvalue weighted by atomic mass is 10.2. The Balaban J connectivity index is 1.94. The molecule has 0 fully saturated rings. The fourth-order valence-electron chi connectivity index (χ4n) is 2.48. The van der Waals surface area contributed by atoms with Crippen LogP contribution in [0.2, 0.25) is 0 Å². The monoisotopic (exact) mass is 443 g/mol. The highest BCUT2D eigenvalue weighted by atomic mass is 32.2. The lowest BCUT2D eigenvalue weighted by Crippen LogP contribution is -2.13. The fraction of sp³-hybridized carbons (Fsp3) is 0.143. The summed E-state index contributed by atoms with van der Waals surface area (Å²) in [5, 5.41) is 10.1. The lowest BCUT2D eigenvalue weighted by Gasteiger charge is -2.16. The Morgan fingerprint density at radius 2 is 1.74 bits per heavy atom. The van der Waals surface area contributed by atoms with Crippen LogP contribution in [0.5, 0.6) is 23.1 Å². The molecule has 10 heteroatoms. The minimum Gasteiger partial charge on any atom is -0.493 e. The van der Waals surface area contributed by atoms with E-state index in [0.29, 0.717) is 17.1 Å². The number of methoxy groups -OCH3 is 1. The van der Waals surface area contributed by atoms with E-state index in [-0.39, 0.29) is 30.7 Å². The van der Waals surface area contributed by atoms with Crippen molar-refractivity contribution < 1.29 is 27.7 Å². The lowest BCUT2D eigenvalue weighted by molar-refractivity contribution is 0.192. The average Bonchev–Trinajstić information content (AvgIpc) is 2.79. The number of nitrogens with one attached hydrogen (secondary N) is 1. The Morgan fingerprint density at radius 3 is 2.45 bits per heavy atom. The van der Waals surface area contributed by atoms with Gasteiger partial charge in [-0.25, -0.2) is 13.4 Å². The van der Waals surface area contributed by atoms with Crippen molar-refractivity contribution in [3.05, 3.63) is 71.9 Å². The molecule has 162 valence electrons. The van der Waals surface area contributed by atoms with Crippen LogP contribution in [-0.2, 0) is 10.0 Å². The molecular weight excluding hydrogens is 422 g/mol. The van der Waals surface area contributed by atoms with Gasteiger partial charge < -0.3 is 19.3 Å². The fourth-order valence-corrected chi connectivity index (χ4v) is 3.30. The van der Waals surface area contributed by atoms with Crippen LogP contribution in [0.25, 0.3) is 6.08 Å². The maximum absolute atomic E-state index is 12.6. The first-order valence-corrected chi connectivity index (χ1v) is 10.7. The minimum atomic E-state index is -3.94. The maximum Gasteiger partial charge on any atom is 0.263 e. The minimum absolute atomic E-state index is 0.0419. The molecule has 0 radical (unpaired) electrons. The van der Waals surface area contributed by atoms with Crippen molar-refractivity contribution in [3.8, 4) is 23.1 Å². The van der Waals surface area contributed by atoms with Crippen LogP contribution in [0.15, 0.2) is 66.3 Å². The van der Waals surface area contributed by atoms with Crippen molar-refractivity contribution in [2.75, 3.05) is 25.0 Å². The number of ether oxygens (including phenoxy) is 3. The molecule has 31 heavy (non-hydrogen) atoms. The number of para-hydroxylation sites is 2. The van der Waals surface area contributed by atoms with Gasteiger partial charge in [0.15, 0.2) is 17.3 Å². The van der Waals surface area contributed by atoms with Gasteiger partial charge >= 0.3 is 0 Å². The molecule has 0 atom stereocenters. The van der Waals surface area contributed by atoms with Crippen molar-refractivity contribution in [2.24, 2.45) is 0 Å². The van der Waals surface area contributed by atoms with E-state index in [1.165, 1.54) is 13.2 Å². The first-order valence-electron chi connectivity index (χ1n) is 9.18. The Labute approximate surface area is 180 Å². The number of benzene rings is 2. The Hall–Kier alpha value is -3.63. The molecule has 1 aromatic heterocycles. The first-order chi connectivity index (χ1) is 15.0. The molecule has 0 bridgehead atoms. The van der Waals surface area contributed by atoms with Crippen molar-refractivity contribution in [1.82, 2.24) is 9.97 Å². The molecule has 0 aliphatic heterocycles. The molecule has 0 unspecified atom stereocenters. The SMILES string of the molecule is COc1ccccc1Oc1c(NS(=O)(=O)C=Cc2ccccc2)ncnc1OCCO. The van der Waals surface area contributed by atoms with Gasteiger partial charge in [0.2, 0.25) is 5.75 Å². The summed E-state index contributed by atoms with van der Waals surface area (Å²) >= 11 is 0. The van der Waals surface area contributed by atoms with E-state index in [2.05, 4.69) is 14.7 Å². The molecular formula is C21H21N3O6S. The van der Waals surface area contributed by atoms with E-state index in [0.717, 1.165) is 11.7 Å². The summed E-state index contributed by atoms with van der Waals surface area (Å²) in [5.41, 5.74) is 0.716. The second-order valence-electron chi connectivity index (χ2n) is 6.04. The highest BCUT2D eigenvalue weighted by molar-refractivity contribution is 7.95. The standard InChI is InChI=1S/C21H21N3O6S/c1-28-17-9-5-6-10-18(17)30-19-20(22-15-23-21(19)29-13-12-25)24-31(26,27)14-11-16-7-3-2-4-8-16/h2-11,14-15,25H,12-13H2,1H3,(H,22,23,24). The zero-order valence-corrected chi connectivity index (χ0v) is 17.5. The maximum atomic E-state index is 12.6. The number of hydrogen-bond donors (Lipinski definition) is 2. The summed E-state index contributed by atoms with van der Waals surface area (Å²) in [5.74, 6) is 0.467. The van der Waals surface area contributed by atoms with Gasteiger partial charge in [0.05, 0.1) is 19.1 Å². The summed E-state index contributed by atoms with van der Waals surface area (Å²) in [6.07, 6.45) is 2.58. The predicted octanol–water partition coefficient (Wildman–Crippen LogP) is 3.06. The largest absolute Gasteiger partial charge is 0.493 e. The zero-order chi connectivity index (χ0) is 22.1. The first kappa shape index (κ1) is 22.1. The number of aliphatic hydroxyl groups excluding tert-OH is 1. The zero-order valence-electron chi connectivity index (χ0n) is 16.6. The molecule has 2 aromatic carbocycles. The molecule has 0 aliphatic carbocycles. The van der Waals surface area contributed by atoms with Gasteiger partial charge in [-0.2, -0.15) is 4.98 Å². The van der Waals surface area contributed by atoms with Gasteiger partial charge in [0.1, 0.15) is 12.9 Å². The van der Waals surface area contributed by atoms with Crippen LogP contribution < -0.4 is 18.9 Å². The summed E-state index contributed by atoms with van der Waals surface area (Å²) in [4.78, 5) is 7.98. The van der Waals surface area contributed by atoms with E-state index in [1.54, 1.807) is 48.5 Å². The van der Waals surface area contributed by atoms with Crippen LogP contribution in [-0.4, -0.2) is 43.8 Å². The Kier molecular flexibility index (Phi) is 7.41. The quantitative estimate of drug-likeness (QED) is 0.491. The molecule has 1 heterocycles. The van der Waals surface area contributed by atoms with Gasteiger partial charge in [-0.15, -0.1) is 0 Å². The average molecular weight is 443 g/mol. The van der Waals surface area contributed by atoms with Gasteiger partial charge in [0.25, 0.3) is 15.9 Å². The summed E-state index contributed by atoms with van der Waals surface area (Å²) in [7, 11) is -2.46. The van der Waals surface area contributed by atoms with E-state index < -0.39 is 10.0 Å². The van der Waals surface area contributed by atoms with Crippen molar-refractivity contribution in [3.63, 3.8) is 0 Å². The third-order valence-electron chi connectivity index (χ3n) is 3.86. The second-order valence-corrected chi connectivity index (χ2v) is 7.61. The molecule has 3 rings (SSSR count).